The number of ether oxygens (including phenoxy) is 2. The molecule has 3 rings (SSSR count). The highest BCUT2D eigenvalue weighted by Gasteiger charge is 2.16. The first-order chi connectivity index (χ1) is 10.1. The smallest absolute Gasteiger partial charge is 0.387 e. The zero-order chi connectivity index (χ0) is 14.8. The number of hydrogen-bond donors (Lipinski definition) is 0. The normalized spacial score (nSPS) is 15.0. The van der Waals surface area contributed by atoms with Crippen LogP contribution >= 0.6 is 15.9 Å². The van der Waals surface area contributed by atoms with Crippen LogP contribution in [-0.2, 0) is 18.0 Å². The van der Waals surface area contributed by atoms with Crippen molar-refractivity contribution >= 4 is 15.9 Å². The topological polar surface area (TPSA) is 18.5 Å². The summed E-state index contributed by atoms with van der Waals surface area (Å²) in [6.07, 6.45) is 0. The van der Waals surface area contributed by atoms with Gasteiger partial charge in [-0.3, -0.25) is 0 Å². The van der Waals surface area contributed by atoms with E-state index in [1.165, 1.54) is 11.1 Å². The summed E-state index contributed by atoms with van der Waals surface area (Å²) in [6, 6.07) is 12.9. The average Bonchev–Trinajstić information content (AvgIpc) is 2.94. The van der Waals surface area contributed by atoms with Crippen LogP contribution in [0.1, 0.15) is 27.1 Å². The van der Waals surface area contributed by atoms with Crippen molar-refractivity contribution in [1.29, 1.82) is 0 Å². The summed E-state index contributed by atoms with van der Waals surface area (Å²) in [4.78, 5) is 0.00370. The number of fused-ring (bicyclic) bond motifs is 1. The Morgan fingerprint density at radius 2 is 1.62 bits per heavy atom. The van der Waals surface area contributed by atoms with E-state index in [0.717, 1.165) is 11.1 Å². The van der Waals surface area contributed by atoms with E-state index in [-0.39, 0.29) is 10.6 Å². The molecular formula is C16H13BrF2O2. The van der Waals surface area contributed by atoms with Crippen LogP contribution < -0.4 is 4.74 Å². The van der Waals surface area contributed by atoms with Gasteiger partial charge in [-0.25, -0.2) is 0 Å². The monoisotopic (exact) mass is 354 g/mol. The van der Waals surface area contributed by atoms with Crippen molar-refractivity contribution in [3.05, 3.63) is 64.7 Å². The molecule has 0 aromatic heterocycles. The van der Waals surface area contributed by atoms with Crippen LogP contribution in [0.4, 0.5) is 8.78 Å². The Labute approximate surface area is 129 Å². The third-order valence-electron chi connectivity index (χ3n) is 3.44. The number of hydrogen-bond acceptors (Lipinski definition) is 2. The molecule has 0 saturated heterocycles. The molecule has 2 aromatic rings. The lowest BCUT2D eigenvalue weighted by molar-refractivity contribution is -0.0498. The van der Waals surface area contributed by atoms with E-state index in [4.69, 9.17) is 4.74 Å². The van der Waals surface area contributed by atoms with Crippen molar-refractivity contribution < 1.29 is 18.3 Å². The van der Waals surface area contributed by atoms with Crippen molar-refractivity contribution in [2.45, 2.75) is 24.7 Å². The molecule has 0 radical (unpaired) electrons. The van der Waals surface area contributed by atoms with Crippen LogP contribution in [0.25, 0.3) is 0 Å². The third-order valence-corrected chi connectivity index (χ3v) is 4.49. The minimum Gasteiger partial charge on any atom is -0.435 e. The van der Waals surface area contributed by atoms with Crippen LogP contribution in [-0.4, -0.2) is 6.61 Å². The average molecular weight is 355 g/mol. The Hall–Kier alpha value is -1.46. The molecule has 0 bridgehead atoms. The molecule has 1 unspecified atom stereocenters. The van der Waals surface area contributed by atoms with E-state index in [1.54, 1.807) is 24.3 Å². The second-order valence-corrected chi connectivity index (χ2v) is 5.75. The highest BCUT2D eigenvalue weighted by Crippen LogP contribution is 2.34. The fourth-order valence-corrected chi connectivity index (χ4v) is 2.95. The predicted octanol–water partition coefficient (Wildman–Crippen LogP) is 4.80. The molecule has 1 atom stereocenters. The van der Waals surface area contributed by atoms with Gasteiger partial charge in [0.2, 0.25) is 0 Å². The summed E-state index contributed by atoms with van der Waals surface area (Å²) in [5.41, 5.74) is 4.52. The Balaban J connectivity index is 1.79. The summed E-state index contributed by atoms with van der Waals surface area (Å²) < 4.78 is 34.0. The quantitative estimate of drug-likeness (QED) is 0.734. The Bertz CT molecular complexity index is 629. The SMILES string of the molecule is FC(F)Oc1ccc(C(Br)c2ccc3c(c2)COC3)cc1. The standard InChI is InChI=1S/C16H13BrF2O2/c17-15(10-3-5-14(6-4-10)21-16(18)19)11-1-2-12-8-20-9-13(12)7-11/h1-7,15-16H,8-9H2. The maximum atomic E-state index is 12.1. The molecule has 0 fully saturated rings. The Kier molecular flexibility index (Phi) is 4.22. The van der Waals surface area contributed by atoms with E-state index < -0.39 is 6.61 Å². The highest BCUT2D eigenvalue weighted by atomic mass is 79.9. The number of benzene rings is 2. The van der Waals surface area contributed by atoms with Gasteiger partial charge in [0, 0.05) is 0 Å². The molecule has 1 aliphatic rings. The van der Waals surface area contributed by atoms with E-state index in [0.29, 0.717) is 13.2 Å². The van der Waals surface area contributed by atoms with Gasteiger partial charge in [0.25, 0.3) is 0 Å². The van der Waals surface area contributed by atoms with Gasteiger partial charge in [-0.1, -0.05) is 46.3 Å². The molecule has 2 aromatic carbocycles. The maximum Gasteiger partial charge on any atom is 0.387 e. The second-order valence-electron chi connectivity index (χ2n) is 4.83. The Morgan fingerprint density at radius 3 is 2.33 bits per heavy atom. The van der Waals surface area contributed by atoms with Gasteiger partial charge in [0.15, 0.2) is 0 Å². The zero-order valence-electron chi connectivity index (χ0n) is 11.1. The predicted molar refractivity (Wildman–Crippen MR) is 78.8 cm³/mol. The molecule has 1 aliphatic heterocycles. The van der Waals surface area contributed by atoms with Gasteiger partial charge >= 0.3 is 6.61 Å². The fraction of sp³-hybridized carbons (Fsp3) is 0.250. The molecule has 1 heterocycles. The largest absolute Gasteiger partial charge is 0.435 e. The van der Waals surface area contributed by atoms with E-state index in [9.17, 15) is 8.78 Å². The molecule has 0 N–H and O–H groups in total. The molecule has 0 spiro atoms. The molecule has 21 heavy (non-hydrogen) atoms. The third kappa shape index (κ3) is 3.24. The molecule has 2 nitrogen and oxygen atoms in total. The van der Waals surface area contributed by atoms with Crippen molar-refractivity contribution in [2.24, 2.45) is 0 Å². The minimum absolute atomic E-state index is 0.00370. The van der Waals surface area contributed by atoms with Gasteiger partial charge in [-0.05, 0) is 34.4 Å². The van der Waals surface area contributed by atoms with E-state index in [2.05, 4.69) is 38.9 Å². The highest BCUT2D eigenvalue weighted by molar-refractivity contribution is 9.09. The van der Waals surface area contributed by atoms with Gasteiger partial charge in [0.1, 0.15) is 5.75 Å². The first-order valence-electron chi connectivity index (χ1n) is 6.52. The van der Waals surface area contributed by atoms with Crippen molar-refractivity contribution in [3.63, 3.8) is 0 Å². The minimum atomic E-state index is -2.80. The van der Waals surface area contributed by atoms with Crippen molar-refractivity contribution in [1.82, 2.24) is 0 Å². The van der Waals surface area contributed by atoms with E-state index in [1.807, 2.05) is 0 Å². The van der Waals surface area contributed by atoms with Crippen LogP contribution in [0.2, 0.25) is 0 Å². The molecule has 110 valence electrons. The van der Waals surface area contributed by atoms with Gasteiger partial charge in [-0.2, -0.15) is 8.78 Å². The van der Waals surface area contributed by atoms with Gasteiger partial charge in [-0.15, -0.1) is 0 Å². The molecule has 0 saturated carbocycles. The number of rotatable bonds is 4. The molecular weight excluding hydrogens is 342 g/mol. The number of alkyl halides is 3. The van der Waals surface area contributed by atoms with E-state index >= 15 is 0 Å². The lowest BCUT2D eigenvalue weighted by Gasteiger charge is -2.13. The van der Waals surface area contributed by atoms with Crippen LogP contribution in [0, 0.1) is 0 Å². The fourth-order valence-electron chi connectivity index (χ4n) is 2.36. The lowest BCUT2D eigenvalue weighted by Crippen LogP contribution is -2.02. The van der Waals surface area contributed by atoms with Gasteiger partial charge < -0.3 is 9.47 Å². The summed E-state index contributed by atoms with van der Waals surface area (Å²) >= 11 is 3.65. The van der Waals surface area contributed by atoms with Crippen LogP contribution in [0.5, 0.6) is 5.75 Å². The van der Waals surface area contributed by atoms with Gasteiger partial charge in [0.05, 0.1) is 18.0 Å². The van der Waals surface area contributed by atoms with Crippen LogP contribution in [0.3, 0.4) is 0 Å². The van der Waals surface area contributed by atoms with Crippen LogP contribution in [0.15, 0.2) is 42.5 Å². The lowest BCUT2D eigenvalue weighted by atomic mass is 10.0. The Morgan fingerprint density at radius 1 is 0.952 bits per heavy atom. The maximum absolute atomic E-state index is 12.1. The summed E-state index contributed by atoms with van der Waals surface area (Å²) in [7, 11) is 0. The zero-order valence-corrected chi connectivity index (χ0v) is 12.6. The second kappa shape index (κ2) is 6.12. The summed E-state index contributed by atoms with van der Waals surface area (Å²) in [6.45, 7) is -1.49. The summed E-state index contributed by atoms with van der Waals surface area (Å²) in [5, 5.41) is 0. The molecule has 0 aliphatic carbocycles. The molecule has 0 amide bonds. The molecule has 5 heteroatoms. The summed E-state index contributed by atoms with van der Waals surface area (Å²) in [5.74, 6) is 0.163. The first kappa shape index (κ1) is 14.5. The van der Waals surface area contributed by atoms with Crippen molar-refractivity contribution in [3.8, 4) is 5.75 Å². The van der Waals surface area contributed by atoms with Crippen molar-refractivity contribution in [2.75, 3.05) is 0 Å². The number of halogens is 3. The first-order valence-corrected chi connectivity index (χ1v) is 7.43.